The zero-order valence-corrected chi connectivity index (χ0v) is 14.9. The molecule has 0 unspecified atom stereocenters. The van der Waals surface area contributed by atoms with Crippen LogP contribution in [0.3, 0.4) is 0 Å². The molecule has 1 aromatic carbocycles. The Morgan fingerprint density at radius 1 is 1.22 bits per heavy atom. The van der Waals surface area contributed by atoms with Crippen LogP contribution in [0, 0.1) is 0 Å². The van der Waals surface area contributed by atoms with Crippen LogP contribution in [0.2, 0.25) is 10.0 Å². The quantitative estimate of drug-likeness (QED) is 0.870. The second-order valence-corrected chi connectivity index (χ2v) is 8.53. The van der Waals surface area contributed by atoms with Gasteiger partial charge in [0.15, 0.2) is 5.79 Å². The molecule has 8 heteroatoms. The number of halogens is 2. The van der Waals surface area contributed by atoms with E-state index >= 15 is 0 Å². The fourth-order valence-electron chi connectivity index (χ4n) is 3.03. The minimum atomic E-state index is -3.75. The van der Waals surface area contributed by atoms with Crippen LogP contribution in [0.5, 0.6) is 0 Å². The zero-order chi connectivity index (χ0) is 16.5. The number of hydrogen-bond acceptors (Lipinski definition) is 4. The second kappa shape index (κ2) is 6.86. The predicted molar refractivity (Wildman–Crippen MR) is 88.3 cm³/mol. The highest BCUT2D eigenvalue weighted by Gasteiger charge is 2.42. The van der Waals surface area contributed by atoms with Crippen molar-refractivity contribution in [3.8, 4) is 0 Å². The van der Waals surface area contributed by atoms with Gasteiger partial charge in [-0.25, -0.2) is 13.1 Å². The summed E-state index contributed by atoms with van der Waals surface area (Å²) in [6, 6.07) is 4.34. The molecule has 128 valence electrons. The number of rotatable bonds is 4. The van der Waals surface area contributed by atoms with Crippen LogP contribution < -0.4 is 4.72 Å². The van der Waals surface area contributed by atoms with Crippen LogP contribution in [0.4, 0.5) is 0 Å². The van der Waals surface area contributed by atoms with Crippen molar-refractivity contribution in [2.75, 3.05) is 13.2 Å². The molecule has 0 radical (unpaired) electrons. The zero-order valence-electron chi connectivity index (χ0n) is 12.6. The van der Waals surface area contributed by atoms with E-state index in [0.717, 1.165) is 25.7 Å². The van der Waals surface area contributed by atoms with Crippen molar-refractivity contribution in [3.63, 3.8) is 0 Å². The van der Waals surface area contributed by atoms with E-state index in [-0.39, 0.29) is 22.6 Å². The monoisotopic (exact) mass is 379 g/mol. The molecule has 2 aliphatic rings. The highest BCUT2D eigenvalue weighted by molar-refractivity contribution is 7.89. The van der Waals surface area contributed by atoms with Crippen molar-refractivity contribution in [1.29, 1.82) is 0 Å². The Balaban J connectivity index is 1.63. The van der Waals surface area contributed by atoms with Gasteiger partial charge in [0.1, 0.15) is 4.90 Å². The number of hydrogen-bond donors (Lipinski definition) is 1. The molecule has 1 heterocycles. The lowest BCUT2D eigenvalue weighted by Gasteiger charge is -2.31. The SMILES string of the molecule is O=S(=O)(NC[C@@H]1COC2(CCCCC2)O1)c1cc(Cl)ccc1Cl. The molecule has 0 bridgehead atoms. The van der Waals surface area contributed by atoms with Crippen LogP contribution >= 0.6 is 23.2 Å². The Hall–Kier alpha value is -0.370. The molecule has 5 nitrogen and oxygen atoms in total. The van der Waals surface area contributed by atoms with Gasteiger partial charge in [0.2, 0.25) is 10.0 Å². The summed E-state index contributed by atoms with van der Waals surface area (Å²) in [7, 11) is -3.75. The van der Waals surface area contributed by atoms with E-state index in [4.69, 9.17) is 32.7 Å². The van der Waals surface area contributed by atoms with Crippen molar-refractivity contribution in [2.24, 2.45) is 0 Å². The van der Waals surface area contributed by atoms with Gasteiger partial charge in [-0.05, 0) is 31.0 Å². The van der Waals surface area contributed by atoms with Crippen LogP contribution in [-0.2, 0) is 19.5 Å². The van der Waals surface area contributed by atoms with Crippen LogP contribution in [0.1, 0.15) is 32.1 Å². The number of nitrogens with one attached hydrogen (secondary N) is 1. The molecule has 2 fully saturated rings. The molecule has 0 amide bonds. The summed E-state index contributed by atoms with van der Waals surface area (Å²) >= 11 is 11.8. The molecule has 1 saturated carbocycles. The summed E-state index contributed by atoms with van der Waals surface area (Å²) < 4.78 is 39.1. The van der Waals surface area contributed by atoms with Crippen LogP contribution in [-0.4, -0.2) is 33.5 Å². The molecule has 1 aliphatic carbocycles. The van der Waals surface area contributed by atoms with E-state index in [9.17, 15) is 8.42 Å². The third-order valence-electron chi connectivity index (χ3n) is 4.21. The molecule has 1 saturated heterocycles. The summed E-state index contributed by atoms with van der Waals surface area (Å²) in [4.78, 5) is -0.0297. The van der Waals surface area contributed by atoms with Gasteiger partial charge >= 0.3 is 0 Å². The summed E-state index contributed by atoms with van der Waals surface area (Å²) in [6.45, 7) is 0.540. The first-order chi connectivity index (χ1) is 10.9. The topological polar surface area (TPSA) is 64.6 Å². The maximum atomic E-state index is 12.4. The maximum absolute atomic E-state index is 12.4. The predicted octanol–water partition coefficient (Wildman–Crippen LogP) is 3.35. The minimum Gasteiger partial charge on any atom is -0.347 e. The fraction of sp³-hybridized carbons (Fsp3) is 0.600. The second-order valence-electron chi connectivity index (χ2n) is 5.95. The van der Waals surface area contributed by atoms with E-state index in [0.29, 0.717) is 11.6 Å². The molecule has 1 aromatic rings. The Labute approximate surface area is 146 Å². The van der Waals surface area contributed by atoms with Gasteiger partial charge in [-0.3, -0.25) is 0 Å². The summed E-state index contributed by atoms with van der Waals surface area (Å²) in [6.07, 6.45) is 4.81. The first-order valence-corrected chi connectivity index (χ1v) is 9.91. The van der Waals surface area contributed by atoms with E-state index < -0.39 is 15.8 Å². The van der Waals surface area contributed by atoms with Crippen LogP contribution in [0.25, 0.3) is 0 Å². The third-order valence-corrected chi connectivity index (χ3v) is 6.35. The standard InChI is InChI=1S/C15H19Cl2NO4S/c16-11-4-5-13(17)14(8-11)23(19,20)18-9-12-10-21-15(22-12)6-2-1-3-7-15/h4-5,8,12,18H,1-3,6-7,9-10H2/t12-/m1/s1. The molecule has 23 heavy (non-hydrogen) atoms. The van der Waals surface area contributed by atoms with E-state index in [1.165, 1.54) is 18.6 Å². The number of sulfonamides is 1. The molecule has 1 spiro atoms. The summed E-state index contributed by atoms with van der Waals surface area (Å²) in [5, 5.41) is 0.450. The molecule has 1 atom stereocenters. The molecular formula is C15H19Cl2NO4S. The largest absolute Gasteiger partial charge is 0.347 e. The average molecular weight is 380 g/mol. The molecule has 3 rings (SSSR count). The van der Waals surface area contributed by atoms with Crippen LogP contribution in [0.15, 0.2) is 23.1 Å². The van der Waals surface area contributed by atoms with Crippen molar-refractivity contribution in [2.45, 2.75) is 48.9 Å². The summed E-state index contributed by atoms with van der Waals surface area (Å²) in [5.41, 5.74) is 0. The normalized spacial score (nSPS) is 24.2. The van der Waals surface area contributed by atoms with Gasteiger partial charge in [-0.1, -0.05) is 29.6 Å². The van der Waals surface area contributed by atoms with E-state index in [2.05, 4.69) is 4.72 Å². The number of benzene rings is 1. The van der Waals surface area contributed by atoms with Gasteiger partial charge in [-0.15, -0.1) is 0 Å². The lowest BCUT2D eigenvalue weighted by atomic mass is 9.94. The Morgan fingerprint density at radius 3 is 2.70 bits per heavy atom. The van der Waals surface area contributed by atoms with Gasteiger partial charge in [0.05, 0.1) is 17.7 Å². The van der Waals surface area contributed by atoms with Gasteiger partial charge in [0.25, 0.3) is 0 Å². The Bertz CT molecular complexity index is 674. The van der Waals surface area contributed by atoms with Gasteiger partial charge in [0, 0.05) is 24.4 Å². The van der Waals surface area contributed by atoms with Crippen molar-refractivity contribution < 1.29 is 17.9 Å². The minimum absolute atomic E-state index is 0.0297. The van der Waals surface area contributed by atoms with Crippen molar-refractivity contribution >= 4 is 33.2 Å². The lowest BCUT2D eigenvalue weighted by Crippen LogP contribution is -2.37. The van der Waals surface area contributed by atoms with Gasteiger partial charge in [-0.2, -0.15) is 0 Å². The Morgan fingerprint density at radius 2 is 1.96 bits per heavy atom. The molecule has 0 aromatic heterocycles. The first-order valence-electron chi connectivity index (χ1n) is 7.67. The van der Waals surface area contributed by atoms with E-state index in [1.54, 1.807) is 6.07 Å². The molecule has 1 aliphatic heterocycles. The number of ether oxygens (including phenoxy) is 2. The van der Waals surface area contributed by atoms with Crippen molar-refractivity contribution in [3.05, 3.63) is 28.2 Å². The highest BCUT2D eigenvalue weighted by Crippen LogP contribution is 2.37. The van der Waals surface area contributed by atoms with E-state index in [1.807, 2.05) is 0 Å². The van der Waals surface area contributed by atoms with Crippen molar-refractivity contribution in [1.82, 2.24) is 4.72 Å². The highest BCUT2D eigenvalue weighted by atomic mass is 35.5. The maximum Gasteiger partial charge on any atom is 0.242 e. The van der Waals surface area contributed by atoms with Gasteiger partial charge < -0.3 is 9.47 Å². The smallest absolute Gasteiger partial charge is 0.242 e. The lowest BCUT2D eigenvalue weighted by molar-refractivity contribution is -0.186. The average Bonchev–Trinajstić information content (AvgIpc) is 2.91. The first kappa shape index (κ1) is 17.5. The molecular weight excluding hydrogens is 361 g/mol. The Kier molecular flexibility index (Phi) is 5.21. The third kappa shape index (κ3) is 4.00. The fourth-order valence-corrected chi connectivity index (χ4v) is 4.86. The summed E-state index contributed by atoms with van der Waals surface area (Å²) in [5.74, 6) is -0.512. The molecule has 1 N–H and O–H groups in total.